The summed E-state index contributed by atoms with van der Waals surface area (Å²) in [5.74, 6) is -0.330. The summed E-state index contributed by atoms with van der Waals surface area (Å²) in [6.45, 7) is 0.228. The van der Waals surface area contributed by atoms with Gasteiger partial charge in [0.1, 0.15) is 0 Å². The fraction of sp³-hybridized carbons (Fsp3) is 1.00. The van der Waals surface area contributed by atoms with Crippen LogP contribution in [0.5, 0.6) is 0 Å². The Morgan fingerprint density at radius 1 is 1.56 bits per heavy atom. The molecule has 0 saturated heterocycles. The van der Waals surface area contributed by atoms with E-state index in [0.29, 0.717) is 0 Å². The molecule has 0 heterocycles. The molecule has 0 rings (SSSR count). The van der Waals surface area contributed by atoms with E-state index >= 15 is 0 Å². The Labute approximate surface area is 66.9 Å². The summed E-state index contributed by atoms with van der Waals surface area (Å²) in [5, 5.41) is 2.55. The van der Waals surface area contributed by atoms with Crippen molar-refractivity contribution in [1.82, 2.24) is 5.32 Å². The van der Waals surface area contributed by atoms with E-state index in [1.165, 1.54) is 0 Å². The zero-order valence-corrected chi connectivity index (χ0v) is 6.36. The minimum absolute atomic E-state index is 0. The first-order chi connectivity index (χ1) is 3.56. The van der Waals surface area contributed by atoms with Crippen molar-refractivity contribution in [2.45, 2.75) is 0 Å². The molecule has 0 unspecified atom stereocenters. The van der Waals surface area contributed by atoms with Gasteiger partial charge in [-0.3, -0.25) is 0 Å². The van der Waals surface area contributed by atoms with Gasteiger partial charge in [-0.1, -0.05) is 0 Å². The van der Waals surface area contributed by atoms with Gasteiger partial charge in [0.15, 0.2) is 0 Å². The van der Waals surface area contributed by atoms with Crippen LogP contribution in [0.4, 0.5) is 0 Å². The SMILES string of the molecule is CNCCS(=O)(=O)[O-].[Li+]. The van der Waals surface area contributed by atoms with Gasteiger partial charge in [-0.2, -0.15) is 0 Å². The summed E-state index contributed by atoms with van der Waals surface area (Å²) >= 11 is 0. The van der Waals surface area contributed by atoms with Gasteiger partial charge >= 0.3 is 18.9 Å². The smallest absolute Gasteiger partial charge is 0.748 e. The molecule has 9 heavy (non-hydrogen) atoms. The molecule has 0 aliphatic carbocycles. The van der Waals surface area contributed by atoms with Gasteiger partial charge in [0, 0.05) is 6.54 Å². The maximum absolute atomic E-state index is 9.79. The fourth-order valence-corrected chi connectivity index (χ4v) is 0.681. The molecule has 0 fully saturated rings. The first kappa shape index (κ1) is 12.2. The van der Waals surface area contributed by atoms with E-state index in [0.717, 1.165) is 0 Å². The van der Waals surface area contributed by atoms with Crippen LogP contribution in [0.3, 0.4) is 0 Å². The molecule has 0 spiro atoms. The third-order valence-corrected chi connectivity index (χ3v) is 1.31. The number of rotatable bonds is 3. The molecule has 50 valence electrons. The molecule has 0 radical (unpaired) electrons. The van der Waals surface area contributed by atoms with Crippen molar-refractivity contribution >= 4 is 10.1 Å². The average Bonchev–Trinajstić information content (AvgIpc) is 1.59. The molecule has 0 aliphatic rings. The van der Waals surface area contributed by atoms with Gasteiger partial charge in [-0.05, 0) is 7.05 Å². The molecule has 0 amide bonds. The van der Waals surface area contributed by atoms with E-state index in [1.807, 2.05) is 0 Å². The van der Waals surface area contributed by atoms with Crippen LogP contribution in [0, 0.1) is 0 Å². The van der Waals surface area contributed by atoms with Crippen molar-refractivity contribution < 1.29 is 31.8 Å². The molecule has 0 atom stereocenters. The van der Waals surface area contributed by atoms with Crippen molar-refractivity contribution in [3.63, 3.8) is 0 Å². The monoisotopic (exact) mass is 145 g/mol. The maximum atomic E-state index is 9.79. The van der Waals surface area contributed by atoms with Gasteiger partial charge < -0.3 is 9.87 Å². The zero-order chi connectivity index (χ0) is 6.62. The van der Waals surface area contributed by atoms with Crippen molar-refractivity contribution in [2.24, 2.45) is 0 Å². The number of hydrogen-bond donors (Lipinski definition) is 1. The normalized spacial score (nSPS) is 10.4. The van der Waals surface area contributed by atoms with Crippen molar-refractivity contribution in [1.29, 1.82) is 0 Å². The Kier molecular flexibility index (Phi) is 7.12. The topological polar surface area (TPSA) is 69.2 Å². The molecule has 6 heteroatoms. The Balaban J connectivity index is 0. The fourth-order valence-electron chi connectivity index (χ4n) is 0.227. The van der Waals surface area contributed by atoms with Gasteiger partial charge in [-0.15, -0.1) is 0 Å². The van der Waals surface area contributed by atoms with Gasteiger partial charge in [0.2, 0.25) is 0 Å². The van der Waals surface area contributed by atoms with Gasteiger partial charge in [0.05, 0.1) is 15.9 Å². The summed E-state index contributed by atoms with van der Waals surface area (Å²) in [4.78, 5) is 0. The van der Waals surface area contributed by atoms with Crippen LogP contribution >= 0.6 is 0 Å². The Hall–Kier alpha value is 0.467. The van der Waals surface area contributed by atoms with Crippen LogP contribution < -0.4 is 24.2 Å². The van der Waals surface area contributed by atoms with E-state index in [-0.39, 0.29) is 31.2 Å². The Bertz CT molecular complexity index is 143. The molecule has 0 aromatic heterocycles. The second-order valence-electron chi connectivity index (χ2n) is 1.37. The van der Waals surface area contributed by atoms with E-state index in [4.69, 9.17) is 0 Å². The molecular formula is C3H8LiNO3S. The predicted molar refractivity (Wildman–Crippen MR) is 28.5 cm³/mol. The van der Waals surface area contributed by atoms with Crippen LogP contribution in [-0.2, 0) is 10.1 Å². The number of nitrogens with one attached hydrogen (secondary N) is 1. The molecule has 0 saturated carbocycles. The molecule has 0 aromatic rings. The molecule has 0 aliphatic heterocycles. The second kappa shape index (κ2) is 5.27. The average molecular weight is 145 g/mol. The van der Waals surface area contributed by atoms with E-state index in [9.17, 15) is 13.0 Å². The van der Waals surface area contributed by atoms with Gasteiger partial charge in [0.25, 0.3) is 0 Å². The summed E-state index contributed by atoms with van der Waals surface area (Å²) in [5.41, 5.74) is 0. The van der Waals surface area contributed by atoms with Crippen LogP contribution in [0.2, 0.25) is 0 Å². The molecule has 0 aromatic carbocycles. The maximum Gasteiger partial charge on any atom is 1.00 e. The summed E-state index contributed by atoms with van der Waals surface area (Å²) < 4.78 is 29.4. The van der Waals surface area contributed by atoms with Crippen molar-refractivity contribution in [3.8, 4) is 0 Å². The van der Waals surface area contributed by atoms with Crippen LogP contribution in [0.25, 0.3) is 0 Å². The van der Waals surface area contributed by atoms with Gasteiger partial charge in [-0.25, -0.2) is 8.42 Å². The van der Waals surface area contributed by atoms with Crippen molar-refractivity contribution in [2.75, 3.05) is 19.3 Å². The van der Waals surface area contributed by atoms with Crippen molar-refractivity contribution in [3.05, 3.63) is 0 Å². The summed E-state index contributed by atoms with van der Waals surface area (Å²) in [6, 6.07) is 0. The quantitative estimate of drug-likeness (QED) is 0.322. The largest absolute Gasteiger partial charge is 1.00 e. The van der Waals surface area contributed by atoms with E-state index in [1.54, 1.807) is 7.05 Å². The van der Waals surface area contributed by atoms with E-state index < -0.39 is 10.1 Å². The summed E-state index contributed by atoms with van der Waals surface area (Å²) in [6.07, 6.45) is 0. The van der Waals surface area contributed by atoms with E-state index in [2.05, 4.69) is 5.32 Å². The molecule has 0 bridgehead atoms. The molecule has 1 N–H and O–H groups in total. The minimum Gasteiger partial charge on any atom is -0.748 e. The summed E-state index contributed by atoms with van der Waals surface area (Å²) in [7, 11) is -2.41. The predicted octanol–water partition coefficient (Wildman–Crippen LogP) is -4.24. The Morgan fingerprint density at radius 2 is 2.00 bits per heavy atom. The first-order valence-electron chi connectivity index (χ1n) is 2.14. The second-order valence-corrected chi connectivity index (χ2v) is 2.89. The number of hydrogen-bond acceptors (Lipinski definition) is 4. The zero-order valence-electron chi connectivity index (χ0n) is 5.55. The Morgan fingerprint density at radius 3 is 2.11 bits per heavy atom. The van der Waals surface area contributed by atoms with Crippen LogP contribution in [0.1, 0.15) is 0 Å². The third kappa shape index (κ3) is 11.8. The third-order valence-electron chi connectivity index (χ3n) is 0.602. The van der Waals surface area contributed by atoms with Crippen LogP contribution in [0.15, 0.2) is 0 Å². The standard InChI is InChI=1S/C3H9NO3S.Li/c1-4-2-3-8(5,6)7;/h4H,2-3H2,1H3,(H,5,6,7);/q;+1/p-1. The minimum atomic E-state index is -4.00. The van der Waals surface area contributed by atoms with Crippen LogP contribution in [-0.4, -0.2) is 32.3 Å². The molecular weight excluding hydrogens is 137 g/mol. The molecule has 4 nitrogen and oxygen atoms in total. The first-order valence-corrected chi connectivity index (χ1v) is 3.72.